The summed E-state index contributed by atoms with van der Waals surface area (Å²) in [6.07, 6.45) is 1.15. The molecular weight excluding hydrogens is 476 g/mol. The van der Waals surface area contributed by atoms with Gasteiger partial charge in [0.15, 0.2) is 0 Å². The number of aromatic nitrogens is 1. The topological polar surface area (TPSA) is 103 Å². The SMILES string of the molecule is Cc1ccccc1S(=O)(=O)Nc1ccc2nc(N3CCN(C(C)CC(C)C)CC3)cc(C(=O)O)c2c1. The maximum absolute atomic E-state index is 12.9. The highest BCUT2D eigenvalue weighted by atomic mass is 32.2. The Morgan fingerprint density at radius 1 is 1.06 bits per heavy atom. The summed E-state index contributed by atoms with van der Waals surface area (Å²) in [4.78, 5) is 21.7. The molecule has 2 aromatic carbocycles. The summed E-state index contributed by atoms with van der Waals surface area (Å²) >= 11 is 0. The molecule has 1 aromatic heterocycles. The van der Waals surface area contributed by atoms with Gasteiger partial charge in [0.2, 0.25) is 0 Å². The number of nitrogens with zero attached hydrogens (tertiary/aromatic N) is 3. The molecule has 1 aliphatic rings. The minimum Gasteiger partial charge on any atom is -0.478 e. The second-order valence-electron chi connectivity index (χ2n) is 9.94. The summed E-state index contributed by atoms with van der Waals surface area (Å²) in [6.45, 7) is 11.8. The minimum absolute atomic E-state index is 0.0996. The van der Waals surface area contributed by atoms with Crippen LogP contribution in [0.4, 0.5) is 11.5 Å². The summed E-state index contributed by atoms with van der Waals surface area (Å²) in [7, 11) is -3.82. The molecular formula is C27H34N4O4S. The van der Waals surface area contributed by atoms with Gasteiger partial charge < -0.3 is 10.0 Å². The lowest BCUT2D eigenvalue weighted by Crippen LogP contribution is -2.50. The molecule has 3 aromatic rings. The monoisotopic (exact) mass is 510 g/mol. The van der Waals surface area contributed by atoms with Crippen molar-refractivity contribution in [3.05, 3.63) is 59.7 Å². The first-order valence-electron chi connectivity index (χ1n) is 12.3. The second kappa shape index (κ2) is 10.4. The zero-order valence-electron chi connectivity index (χ0n) is 21.2. The molecule has 1 fully saturated rings. The van der Waals surface area contributed by atoms with Gasteiger partial charge in [0.1, 0.15) is 5.82 Å². The van der Waals surface area contributed by atoms with Crippen LogP contribution < -0.4 is 9.62 Å². The molecule has 0 amide bonds. The summed E-state index contributed by atoms with van der Waals surface area (Å²) < 4.78 is 28.4. The number of hydrogen-bond acceptors (Lipinski definition) is 6. The van der Waals surface area contributed by atoms with Gasteiger partial charge in [-0.2, -0.15) is 0 Å². The fraction of sp³-hybridized carbons (Fsp3) is 0.407. The van der Waals surface area contributed by atoms with E-state index in [1.807, 2.05) is 0 Å². The number of fused-ring (bicyclic) bond motifs is 1. The van der Waals surface area contributed by atoms with Crippen LogP contribution in [0.5, 0.6) is 0 Å². The highest BCUT2D eigenvalue weighted by Crippen LogP contribution is 2.28. The maximum Gasteiger partial charge on any atom is 0.336 e. The van der Waals surface area contributed by atoms with E-state index in [1.165, 1.54) is 6.07 Å². The highest BCUT2D eigenvalue weighted by Gasteiger charge is 2.24. The summed E-state index contributed by atoms with van der Waals surface area (Å²) in [5.74, 6) is 0.195. The third-order valence-electron chi connectivity index (χ3n) is 6.74. The van der Waals surface area contributed by atoms with Gasteiger partial charge in [-0.1, -0.05) is 32.0 Å². The summed E-state index contributed by atoms with van der Waals surface area (Å²) in [6, 6.07) is 13.6. The average molecular weight is 511 g/mol. The highest BCUT2D eigenvalue weighted by molar-refractivity contribution is 7.92. The number of anilines is 2. The lowest BCUT2D eigenvalue weighted by molar-refractivity contribution is 0.0699. The van der Waals surface area contributed by atoms with Crippen LogP contribution in [0.3, 0.4) is 0 Å². The molecule has 0 spiro atoms. The molecule has 192 valence electrons. The molecule has 0 aliphatic carbocycles. The van der Waals surface area contributed by atoms with E-state index in [1.54, 1.807) is 49.4 Å². The molecule has 36 heavy (non-hydrogen) atoms. The van der Waals surface area contributed by atoms with Crippen molar-refractivity contribution in [3.8, 4) is 0 Å². The van der Waals surface area contributed by atoms with E-state index in [2.05, 4.69) is 35.3 Å². The van der Waals surface area contributed by atoms with Gasteiger partial charge in [0.05, 0.1) is 16.0 Å². The van der Waals surface area contributed by atoms with E-state index < -0.39 is 16.0 Å². The van der Waals surface area contributed by atoms with Gasteiger partial charge >= 0.3 is 5.97 Å². The first-order valence-corrected chi connectivity index (χ1v) is 13.8. The molecule has 1 saturated heterocycles. The predicted octanol–water partition coefficient (Wildman–Crippen LogP) is 4.60. The molecule has 1 aliphatic heterocycles. The zero-order valence-corrected chi connectivity index (χ0v) is 22.0. The van der Waals surface area contributed by atoms with Gasteiger partial charge in [0, 0.05) is 43.3 Å². The Morgan fingerprint density at radius 2 is 1.75 bits per heavy atom. The number of aryl methyl sites for hydroxylation is 1. The minimum atomic E-state index is -3.82. The quantitative estimate of drug-likeness (QED) is 0.457. The smallest absolute Gasteiger partial charge is 0.336 e. The molecule has 8 nitrogen and oxygen atoms in total. The Labute approximate surface area is 213 Å². The number of carboxylic acid groups (broad SMARTS) is 1. The van der Waals surface area contributed by atoms with Crippen molar-refractivity contribution in [1.82, 2.24) is 9.88 Å². The largest absolute Gasteiger partial charge is 0.478 e. The van der Waals surface area contributed by atoms with E-state index in [9.17, 15) is 18.3 Å². The van der Waals surface area contributed by atoms with Crippen molar-refractivity contribution in [3.63, 3.8) is 0 Å². The molecule has 2 N–H and O–H groups in total. The van der Waals surface area contributed by atoms with Crippen molar-refractivity contribution in [2.24, 2.45) is 5.92 Å². The van der Waals surface area contributed by atoms with Crippen LogP contribution >= 0.6 is 0 Å². The molecule has 0 radical (unpaired) electrons. The van der Waals surface area contributed by atoms with Crippen molar-refractivity contribution in [2.75, 3.05) is 35.8 Å². The first-order chi connectivity index (χ1) is 17.0. The third-order valence-corrected chi connectivity index (χ3v) is 8.28. The summed E-state index contributed by atoms with van der Waals surface area (Å²) in [5, 5.41) is 10.3. The van der Waals surface area contributed by atoms with Crippen LogP contribution in [-0.4, -0.2) is 61.6 Å². The van der Waals surface area contributed by atoms with Crippen LogP contribution in [0, 0.1) is 12.8 Å². The van der Waals surface area contributed by atoms with E-state index in [4.69, 9.17) is 4.98 Å². The van der Waals surface area contributed by atoms with Gasteiger partial charge in [-0.05, 0) is 62.1 Å². The maximum atomic E-state index is 12.9. The lowest BCUT2D eigenvalue weighted by Gasteiger charge is -2.39. The molecule has 9 heteroatoms. The van der Waals surface area contributed by atoms with Crippen LogP contribution in [0.2, 0.25) is 0 Å². The Hall–Kier alpha value is -3.17. The van der Waals surface area contributed by atoms with Crippen molar-refractivity contribution in [2.45, 2.75) is 45.1 Å². The average Bonchev–Trinajstić information content (AvgIpc) is 2.83. The molecule has 1 unspecified atom stereocenters. The normalized spacial score (nSPS) is 15.9. The van der Waals surface area contributed by atoms with E-state index in [-0.39, 0.29) is 16.1 Å². The van der Waals surface area contributed by atoms with Crippen LogP contribution in [0.25, 0.3) is 10.9 Å². The Balaban J connectivity index is 1.59. The van der Waals surface area contributed by atoms with Gasteiger partial charge in [-0.25, -0.2) is 18.2 Å². The predicted molar refractivity (Wildman–Crippen MR) is 143 cm³/mol. The lowest BCUT2D eigenvalue weighted by atomic mass is 10.0. The fourth-order valence-electron chi connectivity index (χ4n) is 4.91. The fourth-order valence-corrected chi connectivity index (χ4v) is 6.20. The van der Waals surface area contributed by atoms with Crippen LogP contribution in [0.15, 0.2) is 53.4 Å². The number of aromatic carboxylic acids is 1. The van der Waals surface area contributed by atoms with E-state index in [0.717, 1.165) is 32.6 Å². The van der Waals surface area contributed by atoms with E-state index >= 15 is 0 Å². The number of nitrogens with one attached hydrogen (secondary N) is 1. The van der Waals surface area contributed by atoms with Crippen LogP contribution in [-0.2, 0) is 10.0 Å². The van der Waals surface area contributed by atoms with Gasteiger partial charge in [0.25, 0.3) is 10.0 Å². The number of hydrogen-bond donors (Lipinski definition) is 2. The van der Waals surface area contributed by atoms with Gasteiger partial charge in [-0.3, -0.25) is 9.62 Å². The van der Waals surface area contributed by atoms with Gasteiger partial charge in [-0.15, -0.1) is 0 Å². The Bertz CT molecular complexity index is 1370. The molecule has 4 rings (SSSR count). The molecule has 0 bridgehead atoms. The first kappa shape index (κ1) is 25.9. The van der Waals surface area contributed by atoms with Crippen molar-refractivity contribution in [1.29, 1.82) is 0 Å². The number of carbonyl (C=O) groups is 1. The number of rotatable bonds is 8. The number of carboxylic acids is 1. The number of pyridine rings is 1. The zero-order chi connectivity index (χ0) is 26.0. The standard InChI is InChI=1S/C27H34N4O4S/c1-18(2)15-20(4)30-11-13-31(14-12-30)26-17-23(27(32)33)22-16-21(9-10-24(22)28-26)29-36(34,35)25-8-6-5-7-19(25)3/h5-10,16-18,20,29H,11-15H2,1-4H3,(H,32,33). The van der Waals surface area contributed by atoms with Crippen molar-refractivity contribution < 1.29 is 18.3 Å². The Morgan fingerprint density at radius 3 is 2.39 bits per heavy atom. The number of sulfonamides is 1. The van der Waals surface area contributed by atoms with Crippen molar-refractivity contribution >= 4 is 38.4 Å². The molecule has 2 heterocycles. The number of piperazine rings is 1. The Kier molecular flexibility index (Phi) is 7.51. The number of benzene rings is 2. The molecule has 0 saturated carbocycles. The second-order valence-corrected chi connectivity index (χ2v) is 11.6. The summed E-state index contributed by atoms with van der Waals surface area (Å²) in [5.41, 5.74) is 1.53. The van der Waals surface area contributed by atoms with E-state index in [0.29, 0.717) is 34.2 Å². The van der Waals surface area contributed by atoms with Crippen LogP contribution in [0.1, 0.15) is 43.1 Å². The third kappa shape index (κ3) is 5.63. The molecule has 1 atom stereocenters.